The number of para-hydroxylation sites is 1. The molecule has 25 heavy (non-hydrogen) atoms. The summed E-state index contributed by atoms with van der Waals surface area (Å²) in [7, 11) is 6.16. The standard InChI is InChI=1S/C19H22O6/c1-21-11-15-13(9-10-17(23-3)19(15)24-4)18(20)14-7-5-6-8-16(14)25-12-22-2/h5-10H,11-12H2,1-4H3. The fourth-order valence-electron chi connectivity index (χ4n) is 2.54. The smallest absolute Gasteiger partial charge is 0.197 e. The van der Waals surface area contributed by atoms with E-state index < -0.39 is 0 Å². The van der Waals surface area contributed by atoms with Gasteiger partial charge in [-0.05, 0) is 24.3 Å². The molecule has 6 heteroatoms. The number of methoxy groups -OCH3 is 4. The summed E-state index contributed by atoms with van der Waals surface area (Å²) in [5, 5.41) is 0. The number of benzene rings is 2. The van der Waals surface area contributed by atoms with Crippen molar-refractivity contribution in [1.82, 2.24) is 0 Å². The number of hydrogen-bond acceptors (Lipinski definition) is 6. The fraction of sp³-hybridized carbons (Fsp3) is 0.316. The first-order valence-corrected chi connectivity index (χ1v) is 7.66. The molecule has 0 aromatic heterocycles. The third-order valence-electron chi connectivity index (χ3n) is 3.65. The molecule has 0 saturated heterocycles. The minimum atomic E-state index is -0.195. The van der Waals surface area contributed by atoms with Crippen LogP contribution in [0.3, 0.4) is 0 Å². The van der Waals surface area contributed by atoms with Crippen LogP contribution < -0.4 is 14.2 Å². The van der Waals surface area contributed by atoms with Gasteiger partial charge in [-0.2, -0.15) is 0 Å². The molecule has 0 radical (unpaired) electrons. The Bertz CT molecular complexity index is 726. The molecule has 0 bridgehead atoms. The maximum absolute atomic E-state index is 13.1. The molecule has 0 aliphatic carbocycles. The molecule has 2 aromatic carbocycles. The topological polar surface area (TPSA) is 63.2 Å². The van der Waals surface area contributed by atoms with Gasteiger partial charge in [-0.3, -0.25) is 4.79 Å². The van der Waals surface area contributed by atoms with Gasteiger partial charge in [0, 0.05) is 25.3 Å². The lowest BCUT2D eigenvalue weighted by Gasteiger charge is -2.17. The molecule has 2 aromatic rings. The third kappa shape index (κ3) is 4.10. The lowest BCUT2D eigenvalue weighted by Crippen LogP contribution is -2.11. The molecule has 0 N–H and O–H groups in total. The van der Waals surface area contributed by atoms with E-state index in [0.717, 1.165) is 0 Å². The van der Waals surface area contributed by atoms with Crippen LogP contribution in [0.1, 0.15) is 21.5 Å². The van der Waals surface area contributed by atoms with Gasteiger partial charge in [0.15, 0.2) is 24.1 Å². The summed E-state index contributed by atoms with van der Waals surface area (Å²) in [6.45, 7) is 0.268. The Hall–Kier alpha value is -2.57. The van der Waals surface area contributed by atoms with Crippen molar-refractivity contribution >= 4 is 5.78 Å². The lowest BCUT2D eigenvalue weighted by atomic mass is 9.97. The Balaban J connectivity index is 2.53. The molecule has 0 saturated carbocycles. The van der Waals surface area contributed by atoms with Crippen LogP contribution in [0.4, 0.5) is 0 Å². The summed E-state index contributed by atoms with van der Waals surface area (Å²) in [5.41, 5.74) is 1.52. The van der Waals surface area contributed by atoms with E-state index >= 15 is 0 Å². The zero-order chi connectivity index (χ0) is 18.2. The average molecular weight is 346 g/mol. The maximum Gasteiger partial charge on any atom is 0.197 e. The number of carbonyl (C=O) groups excluding carboxylic acids is 1. The van der Waals surface area contributed by atoms with E-state index in [0.29, 0.717) is 33.9 Å². The van der Waals surface area contributed by atoms with Crippen LogP contribution >= 0.6 is 0 Å². The second kappa shape index (κ2) is 9.05. The predicted molar refractivity (Wildman–Crippen MR) is 92.6 cm³/mol. The molecule has 0 amide bonds. The van der Waals surface area contributed by atoms with Crippen molar-refractivity contribution in [2.24, 2.45) is 0 Å². The monoisotopic (exact) mass is 346 g/mol. The highest BCUT2D eigenvalue weighted by Gasteiger charge is 2.22. The zero-order valence-electron chi connectivity index (χ0n) is 14.8. The van der Waals surface area contributed by atoms with E-state index in [9.17, 15) is 4.79 Å². The first-order valence-electron chi connectivity index (χ1n) is 7.66. The number of ketones is 1. The molecule has 6 nitrogen and oxygen atoms in total. The summed E-state index contributed by atoms with van der Waals surface area (Å²) in [5.74, 6) is 1.27. The first kappa shape index (κ1) is 18.8. The van der Waals surface area contributed by atoms with Crippen LogP contribution in [0.15, 0.2) is 36.4 Å². The van der Waals surface area contributed by atoms with Crippen LogP contribution in [0.25, 0.3) is 0 Å². The van der Waals surface area contributed by atoms with Crippen molar-refractivity contribution in [3.63, 3.8) is 0 Å². The first-order chi connectivity index (χ1) is 12.2. The highest BCUT2D eigenvalue weighted by molar-refractivity contribution is 6.12. The summed E-state index contributed by atoms with van der Waals surface area (Å²) in [6, 6.07) is 10.4. The van der Waals surface area contributed by atoms with Gasteiger partial charge >= 0.3 is 0 Å². The van der Waals surface area contributed by atoms with Crippen molar-refractivity contribution in [3.05, 3.63) is 53.1 Å². The molecular weight excluding hydrogens is 324 g/mol. The van der Waals surface area contributed by atoms with Crippen molar-refractivity contribution in [2.75, 3.05) is 35.2 Å². The highest BCUT2D eigenvalue weighted by Crippen LogP contribution is 2.35. The minimum Gasteiger partial charge on any atom is -0.493 e. The molecule has 2 rings (SSSR count). The van der Waals surface area contributed by atoms with Crippen molar-refractivity contribution in [3.8, 4) is 17.2 Å². The highest BCUT2D eigenvalue weighted by atomic mass is 16.7. The molecule has 0 unspecified atom stereocenters. The van der Waals surface area contributed by atoms with Crippen LogP contribution in [-0.2, 0) is 16.1 Å². The van der Waals surface area contributed by atoms with Gasteiger partial charge in [0.25, 0.3) is 0 Å². The summed E-state index contributed by atoms with van der Waals surface area (Å²) >= 11 is 0. The van der Waals surface area contributed by atoms with Gasteiger partial charge < -0.3 is 23.7 Å². The van der Waals surface area contributed by atoms with Crippen molar-refractivity contribution in [1.29, 1.82) is 0 Å². The summed E-state index contributed by atoms with van der Waals surface area (Å²) in [4.78, 5) is 13.1. The second-order valence-electron chi connectivity index (χ2n) is 5.14. The Kier molecular flexibility index (Phi) is 6.80. The van der Waals surface area contributed by atoms with E-state index in [1.165, 1.54) is 14.2 Å². The fourth-order valence-corrected chi connectivity index (χ4v) is 2.54. The zero-order valence-corrected chi connectivity index (χ0v) is 14.8. The van der Waals surface area contributed by atoms with Gasteiger partial charge in [0.05, 0.1) is 26.4 Å². The Morgan fingerprint density at radius 2 is 1.60 bits per heavy atom. The SMILES string of the molecule is COCOc1ccccc1C(=O)c1ccc(OC)c(OC)c1COC. The molecule has 0 fully saturated rings. The van der Waals surface area contributed by atoms with Crippen molar-refractivity contribution in [2.45, 2.75) is 6.61 Å². The quantitative estimate of drug-likeness (QED) is 0.514. The number of ether oxygens (including phenoxy) is 5. The molecule has 0 aliphatic heterocycles. The molecule has 0 heterocycles. The predicted octanol–water partition coefficient (Wildman–Crippen LogP) is 3.06. The van der Waals surface area contributed by atoms with E-state index in [4.69, 9.17) is 23.7 Å². The van der Waals surface area contributed by atoms with Crippen LogP contribution in [-0.4, -0.2) is 41.0 Å². The normalized spacial score (nSPS) is 10.4. The second-order valence-corrected chi connectivity index (χ2v) is 5.14. The summed E-state index contributed by atoms with van der Waals surface area (Å²) < 4.78 is 26.4. The molecule has 0 aliphatic rings. The largest absolute Gasteiger partial charge is 0.493 e. The van der Waals surface area contributed by atoms with Gasteiger partial charge in [0.2, 0.25) is 0 Å². The third-order valence-corrected chi connectivity index (χ3v) is 3.65. The number of hydrogen-bond donors (Lipinski definition) is 0. The Morgan fingerprint density at radius 1 is 0.840 bits per heavy atom. The van der Waals surface area contributed by atoms with E-state index in [-0.39, 0.29) is 19.2 Å². The van der Waals surface area contributed by atoms with Crippen molar-refractivity contribution < 1.29 is 28.5 Å². The van der Waals surface area contributed by atoms with Crippen LogP contribution in [0.2, 0.25) is 0 Å². The minimum absolute atomic E-state index is 0.0567. The van der Waals surface area contributed by atoms with Gasteiger partial charge in [-0.25, -0.2) is 0 Å². The van der Waals surface area contributed by atoms with Gasteiger partial charge in [-0.15, -0.1) is 0 Å². The maximum atomic E-state index is 13.1. The molecule has 0 spiro atoms. The van der Waals surface area contributed by atoms with Gasteiger partial charge in [0.1, 0.15) is 5.75 Å². The van der Waals surface area contributed by atoms with E-state index in [1.807, 2.05) is 0 Å². The van der Waals surface area contributed by atoms with E-state index in [2.05, 4.69) is 0 Å². The molecule has 134 valence electrons. The van der Waals surface area contributed by atoms with Crippen LogP contribution in [0, 0.1) is 0 Å². The molecular formula is C19H22O6. The summed E-state index contributed by atoms with van der Waals surface area (Å²) in [6.07, 6.45) is 0. The number of carbonyl (C=O) groups is 1. The molecule has 0 atom stereocenters. The number of rotatable bonds is 9. The van der Waals surface area contributed by atoms with Crippen LogP contribution in [0.5, 0.6) is 17.2 Å². The Morgan fingerprint density at radius 3 is 2.24 bits per heavy atom. The Labute approximate surface area is 147 Å². The van der Waals surface area contributed by atoms with E-state index in [1.54, 1.807) is 50.6 Å². The average Bonchev–Trinajstić information content (AvgIpc) is 2.65. The van der Waals surface area contributed by atoms with Gasteiger partial charge in [-0.1, -0.05) is 12.1 Å². The lowest BCUT2D eigenvalue weighted by molar-refractivity contribution is 0.0503.